The molecule has 2 aromatic heterocycles. The van der Waals surface area contributed by atoms with Gasteiger partial charge < -0.3 is 0 Å². The van der Waals surface area contributed by atoms with Crippen molar-refractivity contribution in [3.05, 3.63) is 29.8 Å². The predicted molar refractivity (Wildman–Crippen MR) is 89.1 cm³/mol. The van der Waals surface area contributed by atoms with Crippen LogP contribution in [-0.2, 0) is 0 Å². The van der Waals surface area contributed by atoms with E-state index in [0.717, 1.165) is 18.5 Å². The summed E-state index contributed by atoms with van der Waals surface area (Å²) in [6.07, 6.45) is 8.51. The van der Waals surface area contributed by atoms with Crippen molar-refractivity contribution in [2.24, 2.45) is 0 Å². The molecule has 2 aromatic rings. The van der Waals surface area contributed by atoms with E-state index in [0.29, 0.717) is 23.9 Å². The van der Waals surface area contributed by atoms with Crippen molar-refractivity contribution in [1.82, 2.24) is 24.8 Å². The molecule has 2 heterocycles. The maximum Gasteiger partial charge on any atom is 0.0855 e. The van der Waals surface area contributed by atoms with Crippen molar-refractivity contribution in [3.8, 4) is 0 Å². The van der Waals surface area contributed by atoms with Crippen LogP contribution in [0.25, 0.3) is 0 Å². The number of hydrogen-bond acceptors (Lipinski definition) is 3. The zero-order valence-electron chi connectivity index (χ0n) is 14.7. The van der Waals surface area contributed by atoms with E-state index in [2.05, 4.69) is 69.3 Å². The number of aromatic nitrogens is 5. The van der Waals surface area contributed by atoms with Crippen LogP contribution in [0.2, 0.25) is 0 Å². The van der Waals surface area contributed by atoms with Gasteiger partial charge in [0.25, 0.3) is 0 Å². The van der Waals surface area contributed by atoms with Gasteiger partial charge in [-0.25, -0.2) is 4.68 Å². The Bertz CT molecular complexity index is 529. The molecule has 22 heavy (non-hydrogen) atoms. The van der Waals surface area contributed by atoms with Crippen LogP contribution in [0, 0.1) is 0 Å². The van der Waals surface area contributed by atoms with Crippen molar-refractivity contribution in [1.29, 1.82) is 0 Å². The maximum absolute atomic E-state index is 4.44. The summed E-state index contributed by atoms with van der Waals surface area (Å²) < 4.78 is 3.96. The van der Waals surface area contributed by atoms with Crippen LogP contribution >= 0.6 is 0 Å². The Hall–Kier alpha value is -1.65. The first kappa shape index (κ1) is 16.7. The third kappa shape index (κ3) is 3.96. The second-order valence-corrected chi connectivity index (χ2v) is 6.94. The van der Waals surface area contributed by atoms with Crippen molar-refractivity contribution in [2.75, 3.05) is 0 Å². The highest BCUT2D eigenvalue weighted by Gasteiger charge is 2.15. The Kier molecular flexibility index (Phi) is 5.37. The molecule has 122 valence electrons. The molecule has 5 heteroatoms. The molecule has 0 bridgehead atoms. The first-order valence-electron chi connectivity index (χ1n) is 8.34. The van der Waals surface area contributed by atoms with Crippen LogP contribution in [0.1, 0.15) is 89.6 Å². The first-order chi connectivity index (χ1) is 10.4. The zero-order chi connectivity index (χ0) is 16.3. The molecule has 5 nitrogen and oxygen atoms in total. The van der Waals surface area contributed by atoms with E-state index in [-0.39, 0.29) is 0 Å². The van der Waals surface area contributed by atoms with Gasteiger partial charge in [-0.3, -0.25) is 4.68 Å². The van der Waals surface area contributed by atoms with E-state index in [9.17, 15) is 0 Å². The van der Waals surface area contributed by atoms with Crippen molar-refractivity contribution in [2.45, 2.75) is 78.3 Å². The predicted octanol–water partition coefficient (Wildman–Crippen LogP) is 4.32. The molecule has 2 unspecified atom stereocenters. The fourth-order valence-corrected chi connectivity index (χ4v) is 2.47. The zero-order valence-corrected chi connectivity index (χ0v) is 14.7. The minimum absolute atomic E-state index is 0.370. The highest BCUT2D eigenvalue weighted by molar-refractivity contribution is 5.11. The summed E-state index contributed by atoms with van der Waals surface area (Å²) in [5.74, 6) is 0.963. The largest absolute Gasteiger partial charge is 0.270 e. The fraction of sp³-hybridized carbons (Fsp3) is 0.706. The van der Waals surface area contributed by atoms with Gasteiger partial charge in [0.15, 0.2) is 0 Å². The number of nitrogens with zero attached hydrogens (tertiary/aromatic N) is 5. The molecule has 0 saturated heterocycles. The average Bonchev–Trinajstić information content (AvgIpc) is 3.12. The van der Waals surface area contributed by atoms with Crippen LogP contribution in [0.3, 0.4) is 0 Å². The van der Waals surface area contributed by atoms with Gasteiger partial charge in [-0.2, -0.15) is 5.10 Å². The molecule has 0 spiro atoms. The number of hydrogen-bond donors (Lipinski definition) is 0. The standard InChI is InChI=1S/C17H29N5/c1-12(2)21-10-16(9-18-21)14(5)7-8-15(6)17-11-22(13(3)4)20-19-17/h9-15H,7-8H2,1-6H3. The van der Waals surface area contributed by atoms with Gasteiger partial charge in [-0.05, 0) is 52.0 Å². The quantitative estimate of drug-likeness (QED) is 0.765. The van der Waals surface area contributed by atoms with Crippen LogP contribution in [-0.4, -0.2) is 24.8 Å². The Balaban J connectivity index is 1.90. The lowest BCUT2D eigenvalue weighted by Crippen LogP contribution is -2.01. The summed E-state index contributed by atoms with van der Waals surface area (Å²) >= 11 is 0. The van der Waals surface area contributed by atoms with Gasteiger partial charge in [-0.1, -0.05) is 19.1 Å². The summed E-state index contributed by atoms with van der Waals surface area (Å²) in [5, 5.41) is 12.9. The van der Waals surface area contributed by atoms with Gasteiger partial charge in [0.05, 0.1) is 11.9 Å². The summed E-state index contributed by atoms with van der Waals surface area (Å²) in [6.45, 7) is 13.1. The highest BCUT2D eigenvalue weighted by atomic mass is 15.4. The molecule has 0 saturated carbocycles. The van der Waals surface area contributed by atoms with E-state index in [1.165, 1.54) is 5.56 Å². The Labute approximate surface area is 133 Å². The maximum atomic E-state index is 4.44. The normalized spacial score (nSPS) is 14.7. The van der Waals surface area contributed by atoms with Gasteiger partial charge in [0.1, 0.15) is 0 Å². The molecule has 2 rings (SSSR count). The minimum atomic E-state index is 0.370. The van der Waals surface area contributed by atoms with Gasteiger partial charge in [-0.15, -0.1) is 5.10 Å². The van der Waals surface area contributed by atoms with Gasteiger partial charge >= 0.3 is 0 Å². The average molecular weight is 303 g/mol. The van der Waals surface area contributed by atoms with Crippen LogP contribution in [0.4, 0.5) is 0 Å². The van der Waals surface area contributed by atoms with Crippen LogP contribution in [0.5, 0.6) is 0 Å². The molecule has 0 fully saturated rings. The Morgan fingerprint density at radius 2 is 1.50 bits per heavy atom. The third-order valence-electron chi connectivity index (χ3n) is 4.31. The molecule has 2 atom stereocenters. The summed E-state index contributed by atoms with van der Waals surface area (Å²) in [4.78, 5) is 0. The monoisotopic (exact) mass is 303 g/mol. The fourth-order valence-electron chi connectivity index (χ4n) is 2.47. The van der Waals surface area contributed by atoms with Crippen LogP contribution in [0.15, 0.2) is 18.6 Å². The second-order valence-electron chi connectivity index (χ2n) is 6.94. The molecule has 0 aliphatic heterocycles. The van der Waals surface area contributed by atoms with Gasteiger partial charge in [0, 0.05) is 30.4 Å². The van der Waals surface area contributed by atoms with E-state index in [1.54, 1.807) is 0 Å². The first-order valence-corrected chi connectivity index (χ1v) is 8.34. The van der Waals surface area contributed by atoms with Crippen molar-refractivity contribution in [3.63, 3.8) is 0 Å². The van der Waals surface area contributed by atoms with Crippen molar-refractivity contribution < 1.29 is 0 Å². The number of rotatable bonds is 7. The summed E-state index contributed by atoms with van der Waals surface area (Å²) in [5.41, 5.74) is 2.42. The van der Waals surface area contributed by atoms with E-state index in [1.807, 2.05) is 15.6 Å². The SMILES string of the molecule is CC(CCC(C)c1cn(C(C)C)nn1)c1cnn(C(C)C)c1. The second kappa shape index (κ2) is 7.07. The van der Waals surface area contributed by atoms with Gasteiger partial charge in [0.2, 0.25) is 0 Å². The smallest absolute Gasteiger partial charge is 0.0855 e. The third-order valence-corrected chi connectivity index (χ3v) is 4.31. The molecule has 0 N–H and O–H groups in total. The molecule has 0 aliphatic carbocycles. The lowest BCUT2D eigenvalue weighted by molar-refractivity contribution is 0.514. The topological polar surface area (TPSA) is 48.5 Å². The van der Waals surface area contributed by atoms with E-state index >= 15 is 0 Å². The molecular weight excluding hydrogens is 274 g/mol. The molecule has 0 aliphatic rings. The molecular formula is C17H29N5. The van der Waals surface area contributed by atoms with E-state index < -0.39 is 0 Å². The summed E-state index contributed by atoms with van der Waals surface area (Å²) in [6, 6.07) is 0.792. The Morgan fingerprint density at radius 3 is 2.05 bits per heavy atom. The lowest BCUT2D eigenvalue weighted by Gasteiger charge is -2.13. The molecule has 0 aromatic carbocycles. The van der Waals surface area contributed by atoms with Crippen LogP contribution < -0.4 is 0 Å². The van der Waals surface area contributed by atoms with Crippen molar-refractivity contribution >= 4 is 0 Å². The molecule has 0 amide bonds. The highest BCUT2D eigenvalue weighted by Crippen LogP contribution is 2.27. The minimum Gasteiger partial charge on any atom is -0.270 e. The molecule has 0 radical (unpaired) electrons. The summed E-state index contributed by atoms with van der Waals surface area (Å²) in [7, 11) is 0. The lowest BCUT2D eigenvalue weighted by atomic mass is 9.93. The van der Waals surface area contributed by atoms with E-state index in [4.69, 9.17) is 0 Å². The Morgan fingerprint density at radius 1 is 0.864 bits per heavy atom.